The van der Waals surface area contributed by atoms with Crippen LogP contribution < -0.4 is 5.69 Å². The van der Waals surface area contributed by atoms with Crippen molar-refractivity contribution in [2.45, 2.75) is 25.7 Å². The summed E-state index contributed by atoms with van der Waals surface area (Å²) >= 11 is 0. The molecule has 0 N–H and O–H groups in total. The molecule has 1 aliphatic carbocycles. The van der Waals surface area contributed by atoms with Crippen molar-refractivity contribution in [3.8, 4) is 0 Å². The van der Waals surface area contributed by atoms with Gasteiger partial charge in [-0.15, -0.1) is 0 Å². The molecule has 0 unspecified atom stereocenters. The topological polar surface area (TPSA) is 50.5 Å². The fourth-order valence-electron chi connectivity index (χ4n) is 1.93. The Morgan fingerprint density at radius 3 is 2.89 bits per heavy atom. The molecule has 0 radical (unpaired) electrons. The zero-order valence-electron chi connectivity index (χ0n) is 11.1. The summed E-state index contributed by atoms with van der Waals surface area (Å²) in [5.74, 6) is -0.768. The Labute approximate surface area is 111 Å². The van der Waals surface area contributed by atoms with E-state index in [1.165, 1.54) is 17.1 Å². The number of allylic oxidation sites excluding steroid dienone is 2. The van der Waals surface area contributed by atoms with Gasteiger partial charge in [0.25, 0.3) is 0 Å². The normalized spacial score (nSPS) is 15.6. The number of aliphatic imine (C=N–C) groups is 1. The van der Waals surface area contributed by atoms with Gasteiger partial charge in [0, 0.05) is 19.8 Å². The van der Waals surface area contributed by atoms with Crippen LogP contribution in [-0.4, -0.2) is 34.9 Å². The average molecular weight is 264 g/mol. The van der Waals surface area contributed by atoms with E-state index >= 15 is 0 Å². The third kappa shape index (κ3) is 3.27. The number of rotatable bonds is 3. The summed E-state index contributed by atoms with van der Waals surface area (Å²) in [6.45, 7) is 0. The zero-order valence-corrected chi connectivity index (χ0v) is 11.1. The molecule has 0 aliphatic heterocycles. The smallest absolute Gasteiger partial charge is 0.354 e. The predicted octanol–water partition coefficient (Wildman–Crippen LogP) is 2.02. The average Bonchev–Trinajstić information content (AvgIpc) is 2.40. The molecule has 102 valence electrons. The van der Waals surface area contributed by atoms with E-state index < -0.39 is 11.5 Å². The summed E-state index contributed by atoms with van der Waals surface area (Å²) in [5, 5.41) is 0. The lowest BCUT2D eigenvalue weighted by molar-refractivity contribution is 0.597. The van der Waals surface area contributed by atoms with E-state index in [1.54, 1.807) is 19.0 Å². The summed E-state index contributed by atoms with van der Waals surface area (Å²) in [6.07, 6.45) is 8.38. The second kappa shape index (κ2) is 5.77. The highest BCUT2D eigenvalue weighted by Crippen LogP contribution is 2.21. The molecule has 0 atom stereocenters. The first-order valence-corrected chi connectivity index (χ1v) is 6.27. The molecular weight excluding hydrogens is 247 g/mol. The fourth-order valence-corrected chi connectivity index (χ4v) is 1.93. The Bertz CT molecular complexity index is 574. The van der Waals surface area contributed by atoms with Gasteiger partial charge in [0.15, 0.2) is 11.6 Å². The van der Waals surface area contributed by atoms with Gasteiger partial charge in [0.05, 0.1) is 12.5 Å². The van der Waals surface area contributed by atoms with Gasteiger partial charge < -0.3 is 4.90 Å². The first-order chi connectivity index (χ1) is 9.08. The maximum atomic E-state index is 13.9. The minimum absolute atomic E-state index is 0.175. The number of aromatic nitrogens is 2. The van der Waals surface area contributed by atoms with Crippen LogP contribution in [0.5, 0.6) is 0 Å². The highest BCUT2D eigenvalue weighted by atomic mass is 19.1. The molecule has 0 bridgehead atoms. The maximum absolute atomic E-state index is 13.9. The van der Waals surface area contributed by atoms with Crippen molar-refractivity contribution >= 4 is 17.9 Å². The SMILES string of the molecule is CN(C)/C=N/c1nc(=O)n(C2=CCCCC2)cc1F. The van der Waals surface area contributed by atoms with Gasteiger partial charge in [-0.25, -0.2) is 14.2 Å². The summed E-state index contributed by atoms with van der Waals surface area (Å²) in [7, 11) is 3.52. The van der Waals surface area contributed by atoms with Crippen molar-refractivity contribution in [1.82, 2.24) is 14.5 Å². The van der Waals surface area contributed by atoms with E-state index in [2.05, 4.69) is 9.98 Å². The van der Waals surface area contributed by atoms with Crippen molar-refractivity contribution in [3.05, 3.63) is 28.6 Å². The van der Waals surface area contributed by atoms with E-state index in [0.29, 0.717) is 0 Å². The fraction of sp³-hybridized carbons (Fsp3) is 0.462. The van der Waals surface area contributed by atoms with Crippen LogP contribution in [0.2, 0.25) is 0 Å². The Morgan fingerprint density at radius 2 is 2.26 bits per heavy atom. The predicted molar refractivity (Wildman–Crippen MR) is 73.0 cm³/mol. The Balaban J connectivity index is 2.36. The molecule has 2 rings (SSSR count). The quantitative estimate of drug-likeness (QED) is 0.620. The van der Waals surface area contributed by atoms with Crippen LogP contribution in [0.3, 0.4) is 0 Å². The minimum Gasteiger partial charge on any atom is -0.369 e. The summed E-state index contributed by atoms with van der Waals surface area (Å²) in [5.41, 5.74) is 0.339. The van der Waals surface area contributed by atoms with Gasteiger partial charge in [-0.2, -0.15) is 4.98 Å². The van der Waals surface area contributed by atoms with Gasteiger partial charge in [-0.3, -0.25) is 4.57 Å². The molecule has 0 amide bonds. The molecule has 6 heteroatoms. The van der Waals surface area contributed by atoms with Crippen molar-refractivity contribution in [2.75, 3.05) is 14.1 Å². The molecule has 5 nitrogen and oxygen atoms in total. The van der Waals surface area contributed by atoms with Crippen LogP contribution in [0.1, 0.15) is 25.7 Å². The highest BCUT2D eigenvalue weighted by Gasteiger charge is 2.12. The van der Waals surface area contributed by atoms with E-state index in [-0.39, 0.29) is 5.82 Å². The second-order valence-electron chi connectivity index (χ2n) is 4.71. The zero-order chi connectivity index (χ0) is 13.8. The molecule has 1 aromatic heterocycles. The lowest BCUT2D eigenvalue weighted by Crippen LogP contribution is -2.23. The van der Waals surface area contributed by atoms with E-state index in [4.69, 9.17) is 0 Å². The minimum atomic E-state index is -0.593. The first-order valence-electron chi connectivity index (χ1n) is 6.27. The van der Waals surface area contributed by atoms with Gasteiger partial charge in [-0.05, 0) is 25.7 Å². The van der Waals surface area contributed by atoms with Crippen molar-refractivity contribution in [1.29, 1.82) is 0 Å². The highest BCUT2D eigenvalue weighted by molar-refractivity contribution is 5.59. The molecule has 0 saturated carbocycles. The standard InChI is InChI=1S/C13H17FN4O/c1-17(2)9-15-12-11(14)8-18(13(19)16-12)10-6-4-3-5-7-10/h6,8-9H,3-5,7H2,1-2H3/b15-9+. The molecule has 1 aromatic rings. The van der Waals surface area contributed by atoms with E-state index in [9.17, 15) is 9.18 Å². The molecule has 19 heavy (non-hydrogen) atoms. The van der Waals surface area contributed by atoms with Gasteiger partial charge in [-0.1, -0.05) is 6.08 Å². The first kappa shape index (κ1) is 13.5. The van der Waals surface area contributed by atoms with Crippen molar-refractivity contribution in [2.24, 2.45) is 4.99 Å². The summed E-state index contributed by atoms with van der Waals surface area (Å²) in [6, 6.07) is 0. The third-order valence-corrected chi connectivity index (χ3v) is 2.85. The summed E-state index contributed by atoms with van der Waals surface area (Å²) < 4.78 is 15.1. The van der Waals surface area contributed by atoms with Gasteiger partial charge in [0.1, 0.15) is 0 Å². The van der Waals surface area contributed by atoms with Gasteiger partial charge in [0.2, 0.25) is 0 Å². The van der Waals surface area contributed by atoms with Crippen LogP contribution in [0.25, 0.3) is 5.70 Å². The lowest BCUT2D eigenvalue weighted by atomic mass is 10.0. The molecule has 0 fully saturated rings. The van der Waals surface area contributed by atoms with E-state index in [0.717, 1.165) is 31.4 Å². The monoisotopic (exact) mass is 264 g/mol. The van der Waals surface area contributed by atoms with Crippen LogP contribution in [-0.2, 0) is 0 Å². The number of nitrogens with zero attached hydrogens (tertiary/aromatic N) is 4. The van der Waals surface area contributed by atoms with Crippen LogP contribution in [0.4, 0.5) is 10.2 Å². The van der Waals surface area contributed by atoms with Crippen molar-refractivity contribution in [3.63, 3.8) is 0 Å². The van der Waals surface area contributed by atoms with Crippen LogP contribution in [0.15, 0.2) is 22.1 Å². The second-order valence-corrected chi connectivity index (χ2v) is 4.71. The maximum Gasteiger partial charge on any atom is 0.354 e. The molecule has 0 saturated heterocycles. The Morgan fingerprint density at radius 1 is 1.47 bits per heavy atom. The van der Waals surface area contributed by atoms with Gasteiger partial charge >= 0.3 is 5.69 Å². The van der Waals surface area contributed by atoms with Crippen LogP contribution >= 0.6 is 0 Å². The molecule has 0 aromatic carbocycles. The van der Waals surface area contributed by atoms with Crippen LogP contribution in [0, 0.1) is 5.82 Å². The lowest BCUT2D eigenvalue weighted by Gasteiger charge is -2.14. The number of halogens is 1. The molecule has 1 heterocycles. The number of hydrogen-bond acceptors (Lipinski definition) is 3. The molecule has 1 aliphatic rings. The Hall–Kier alpha value is -1.98. The molecular formula is C13H17FN4O. The number of hydrogen-bond donors (Lipinski definition) is 0. The van der Waals surface area contributed by atoms with Crippen molar-refractivity contribution < 1.29 is 4.39 Å². The third-order valence-electron chi connectivity index (χ3n) is 2.85. The summed E-state index contributed by atoms with van der Waals surface area (Å²) in [4.78, 5) is 21.1. The molecule has 0 spiro atoms. The largest absolute Gasteiger partial charge is 0.369 e. The van der Waals surface area contributed by atoms with E-state index in [1.807, 2.05) is 6.08 Å². The Kier molecular flexibility index (Phi) is 4.09.